The lowest BCUT2D eigenvalue weighted by atomic mass is 10.1. The van der Waals surface area contributed by atoms with E-state index in [0.29, 0.717) is 17.2 Å². The van der Waals surface area contributed by atoms with E-state index in [1.165, 1.54) is 30.7 Å². The molecule has 3 aromatic rings. The molecule has 0 fully saturated rings. The molecule has 3 rings (SSSR count). The number of hydrogen-bond donors (Lipinski definition) is 1. The van der Waals surface area contributed by atoms with Crippen LogP contribution in [0.5, 0.6) is 11.5 Å². The van der Waals surface area contributed by atoms with Crippen LogP contribution < -0.4 is 19.1 Å². The highest BCUT2D eigenvalue weighted by molar-refractivity contribution is 7.92. The molecule has 33 heavy (non-hydrogen) atoms. The number of rotatable bonds is 8. The van der Waals surface area contributed by atoms with Crippen molar-refractivity contribution in [3.8, 4) is 11.5 Å². The second-order valence-corrected chi connectivity index (χ2v) is 9.59. The molecule has 7 nitrogen and oxygen atoms in total. The summed E-state index contributed by atoms with van der Waals surface area (Å²) in [7, 11) is -0.829. The van der Waals surface area contributed by atoms with E-state index in [-0.39, 0.29) is 17.8 Å². The number of anilines is 2. The molecule has 0 spiro atoms. The molecule has 0 aliphatic carbocycles. The second kappa shape index (κ2) is 9.95. The van der Waals surface area contributed by atoms with Crippen LogP contribution in [0, 0.1) is 13.8 Å². The number of ether oxygens (including phenoxy) is 2. The van der Waals surface area contributed by atoms with Crippen LogP contribution in [0.3, 0.4) is 0 Å². The zero-order chi connectivity index (χ0) is 24.2. The summed E-state index contributed by atoms with van der Waals surface area (Å²) in [4.78, 5) is 13.4. The van der Waals surface area contributed by atoms with Gasteiger partial charge in [-0.25, -0.2) is 8.42 Å². The molecule has 1 amide bonds. The number of nitrogens with zero attached hydrogens (tertiary/aromatic N) is 1. The van der Waals surface area contributed by atoms with Crippen molar-refractivity contribution in [2.45, 2.75) is 20.4 Å². The van der Waals surface area contributed by atoms with Crippen LogP contribution in [-0.4, -0.2) is 34.8 Å². The molecule has 0 radical (unpaired) electrons. The molecule has 0 aliphatic heterocycles. The molecular weight excluding hydrogens is 440 g/mol. The fourth-order valence-electron chi connectivity index (χ4n) is 3.46. The Morgan fingerprint density at radius 3 is 2.18 bits per heavy atom. The van der Waals surface area contributed by atoms with Gasteiger partial charge in [0, 0.05) is 11.8 Å². The standard InChI is InChI=1S/C25H28N2O5S/c1-17-10-9-13-21(18(17)2)26-25(28)20-14-23(31-3)24(32-4)15-22(20)27(33(5,29)30)16-19-11-7-6-8-12-19/h6-15H,16H2,1-5H3,(H,26,28). The van der Waals surface area contributed by atoms with Crippen molar-refractivity contribution in [3.05, 3.63) is 82.9 Å². The van der Waals surface area contributed by atoms with Crippen molar-refractivity contribution in [1.82, 2.24) is 0 Å². The molecule has 1 N–H and O–H groups in total. The van der Waals surface area contributed by atoms with Crippen molar-refractivity contribution in [2.75, 3.05) is 30.1 Å². The Labute approximate surface area is 195 Å². The van der Waals surface area contributed by atoms with Gasteiger partial charge in [0.2, 0.25) is 10.0 Å². The highest BCUT2D eigenvalue weighted by atomic mass is 32.2. The Bertz CT molecular complexity index is 1260. The maximum atomic E-state index is 13.4. The minimum Gasteiger partial charge on any atom is -0.493 e. The summed E-state index contributed by atoms with van der Waals surface area (Å²) in [5.41, 5.74) is 3.73. The zero-order valence-electron chi connectivity index (χ0n) is 19.4. The number of benzene rings is 3. The first kappa shape index (κ1) is 24.1. The molecular formula is C25H28N2O5S. The highest BCUT2D eigenvalue weighted by Crippen LogP contribution is 2.37. The normalized spacial score (nSPS) is 11.1. The highest BCUT2D eigenvalue weighted by Gasteiger charge is 2.27. The third kappa shape index (κ3) is 5.46. The summed E-state index contributed by atoms with van der Waals surface area (Å²) in [6.07, 6.45) is 1.11. The SMILES string of the molecule is COc1cc(C(=O)Nc2cccc(C)c2C)c(N(Cc2ccccc2)S(C)(=O)=O)cc1OC. The van der Waals surface area contributed by atoms with E-state index in [4.69, 9.17) is 9.47 Å². The quantitative estimate of drug-likeness (QED) is 0.525. The monoisotopic (exact) mass is 468 g/mol. The van der Waals surface area contributed by atoms with Crippen LogP contribution in [0.1, 0.15) is 27.0 Å². The summed E-state index contributed by atoms with van der Waals surface area (Å²) in [5, 5.41) is 2.91. The fourth-order valence-corrected chi connectivity index (χ4v) is 4.35. The number of carbonyl (C=O) groups is 1. The van der Waals surface area contributed by atoms with Gasteiger partial charge in [-0.3, -0.25) is 9.10 Å². The fraction of sp³-hybridized carbons (Fsp3) is 0.240. The van der Waals surface area contributed by atoms with Gasteiger partial charge in [0.15, 0.2) is 11.5 Å². The Morgan fingerprint density at radius 2 is 1.58 bits per heavy atom. The van der Waals surface area contributed by atoms with Crippen LogP contribution >= 0.6 is 0 Å². The molecule has 0 saturated heterocycles. The van der Waals surface area contributed by atoms with Crippen molar-refractivity contribution in [1.29, 1.82) is 0 Å². The number of amides is 1. The Hall–Kier alpha value is -3.52. The molecule has 0 unspecified atom stereocenters. The number of aryl methyl sites for hydroxylation is 1. The third-order valence-electron chi connectivity index (χ3n) is 5.44. The minimum atomic E-state index is -3.75. The molecule has 3 aromatic carbocycles. The molecule has 0 bridgehead atoms. The Morgan fingerprint density at radius 1 is 0.939 bits per heavy atom. The third-order valence-corrected chi connectivity index (χ3v) is 6.56. The van der Waals surface area contributed by atoms with Crippen LogP contribution in [0.25, 0.3) is 0 Å². The van der Waals surface area contributed by atoms with Crippen LogP contribution in [0.15, 0.2) is 60.7 Å². The van der Waals surface area contributed by atoms with E-state index in [2.05, 4.69) is 5.32 Å². The lowest BCUT2D eigenvalue weighted by Crippen LogP contribution is -2.31. The Balaban J connectivity index is 2.15. The van der Waals surface area contributed by atoms with E-state index in [1.807, 2.05) is 56.3 Å². The van der Waals surface area contributed by atoms with E-state index >= 15 is 0 Å². The summed E-state index contributed by atoms with van der Waals surface area (Å²) >= 11 is 0. The maximum absolute atomic E-state index is 13.4. The maximum Gasteiger partial charge on any atom is 0.257 e. The molecule has 0 heterocycles. The second-order valence-electron chi connectivity index (χ2n) is 7.68. The Kier molecular flexibility index (Phi) is 7.28. The first-order chi connectivity index (χ1) is 15.7. The van der Waals surface area contributed by atoms with Crippen molar-refractivity contribution >= 4 is 27.3 Å². The smallest absolute Gasteiger partial charge is 0.257 e. The topological polar surface area (TPSA) is 84.9 Å². The first-order valence-electron chi connectivity index (χ1n) is 10.3. The average Bonchev–Trinajstić information content (AvgIpc) is 2.79. The zero-order valence-corrected chi connectivity index (χ0v) is 20.2. The van der Waals surface area contributed by atoms with Crippen LogP contribution in [0.4, 0.5) is 11.4 Å². The predicted octanol–water partition coefficient (Wildman–Crippen LogP) is 4.54. The van der Waals surface area contributed by atoms with Gasteiger partial charge in [-0.1, -0.05) is 42.5 Å². The lowest BCUT2D eigenvalue weighted by molar-refractivity contribution is 0.102. The number of hydrogen-bond acceptors (Lipinski definition) is 5. The number of carbonyl (C=O) groups excluding carboxylic acids is 1. The number of nitrogens with one attached hydrogen (secondary N) is 1. The number of sulfonamides is 1. The van der Waals surface area contributed by atoms with Gasteiger partial charge in [-0.05, 0) is 42.7 Å². The minimum absolute atomic E-state index is 0.0545. The summed E-state index contributed by atoms with van der Waals surface area (Å²) < 4.78 is 37.7. The van der Waals surface area contributed by atoms with Crippen LogP contribution in [0.2, 0.25) is 0 Å². The van der Waals surface area contributed by atoms with Gasteiger partial charge in [0.1, 0.15) is 0 Å². The molecule has 0 aromatic heterocycles. The lowest BCUT2D eigenvalue weighted by Gasteiger charge is -2.26. The van der Waals surface area contributed by atoms with Gasteiger partial charge in [0.25, 0.3) is 5.91 Å². The molecule has 0 saturated carbocycles. The van der Waals surface area contributed by atoms with Crippen molar-refractivity contribution in [3.63, 3.8) is 0 Å². The summed E-state index contributed by atoms with van der Waals surface area (Å²) in [6, 6.07) is 17.8. The molecule has 0 aliphatic rings. The molecule has 0 atom stereocenters. The van der Waals surface area contributed by atoms with Gasteiger partial charge in [-0.15, -0.1) is 0 Å². The predicted molar refractivity (Wildman–Crippen MR) is 131 cm³/mol. The molecule has 8 heteroatoms. The van der Waals surface area contributed by atoms with E-state index < -0.39 is 15.9 Å². The van der Waals surface area contributed by atoms with E-state index in [0.717, 1.165) is 22.9 Å². The van der Waals surface area contributed by atoms with Gasteiger partial charge in [0.05, 0.1) is 38.3 Å². The van der Waals surface area contributed by atoms with Crippen molar-refractivity contribution in [2.24, 2.45) is 0 Å². The largest absolute Gasteiger partial charge is 0.493 e. The summed E-state index contributed by atoms with van der Waals surface area (Å²) in [6.45, 7) is 3.93. The summed E-state index contributed by atoms with van der Waals surface area (Å²) in [5.74, 6) is 0.180. The van der Waals surface area contributed by atoms with Gasteiger partial charge < -0.3 is 14.8 Å². The number of methoxy groups -OCH3 is 2. The average molecular weight is 469 g/mol. The van der Waals surface area contributed by atoms with Crippen molar-refractivity contribution < 1.29 is 22.7 Å². The van der Waals surface area contributed by atoms with E-state index in [9.17, 15) is 13.2 Å². The van der Waals surface area contributed by atoms with Crippen LogP contribution in [-0.2, 0) is 16.6 Å². The van der Waals surface area contributed by atoms with Gasteiger partial charge in [-0.2, -0.15) is 0 Å². The first-order valence-corrected chi connectivity index (χ1v) is 12.2. The van der Waals surface area contributed by atoms with E-state index in [1.54, 1.807) is 6.07 Å². The van der Waals surface area contributed by atoms with Gasteiger partial charge >= 0.3 is 0 Å². The molecule has 174 valence electrons.